The van der Waals surface area contributed by atoms with Gasteiger partial charge in [0, 0.05) is 12.5 Å². The van der Waals surface area contributed by atoms with Crippen molar-refractivity contribution < 1.29 is 0 Å². The lowest BCUT2D eigenvalue weighted by molar-refractivity contribution is 0.244. The lowest BCUT2D eigenvalue weighted by Crippen LogP contribution is -2.29. The molecule has 1 aliphatic rings. The van der Waals surface area contributed by atoms with Gasteiger partial charge >= 0.3 is 0 Å². The maximum absolute atomic E-state index is 5.20. The minimum Gasteiger partial charge on any atom is -0.303 e. The van der Waals surface area contributed by atoms with Gasteiger partial charge in [-0.1, -0.05) is 12.8 Å². The van der Waals surface area contributed by atoms with Crippen LogP contribution in [0.5, 0.6) is 0 Å². The highest BCUT2D eigenvalue weighted by Gasteiger charge is 2.18. The van der Waals surface area contributed by atoms with Crippen molar-refractivity contribution in [1.82, 2.24) is 4.90 Å². The predicted molar refractivity (Wildman–Crippen MR) is 53.0 cm³/mol. The van der Waals surface area contributed by atoms with Gasteiger partial charge in [-0.3, -0.25) is 0 Å². The van der Waals surface area contributed by atoms with Crippen LogP contribution in [0.4, 0.5) is 0 Å². The van der Waals surface area contributed by atoms with Gasteiger partial charge in [0.05, 0.1) is 0 Å². The third-order valence-electron chi connectivity index (χ3n) is 2.78. The number of hydrogen-bond acceptors (Lipinski definition) is 1. The van der Waals surface area contributed by atoms with E-state index in [4.69, 9.17) is 6.42 Å². The first kappa shape index (κ1) is 9.61. The van der Waals surface area contributed by atoms with E-state index < -0.39 is 0 Å². The normalized spacial score (nSPS) is 18.4. The monoisotopic (exact) mass is 165 g/mol. The molecule has 0 aromatic rings. The summed E-state index contributed by atoms with van der Waals surface area (Å²) < 4.78 is 0. The van der Waals surface area contributed by atoms with Crippen LogP contribution in [0.25, 0.3) is 0 Å². The molecule has 0 unspecified atom stereocenters. The second kappa shape index (κ2) is 5.22. The van der Waals surface area contributed by atoms with E-state index in [0.29, 0.717) is 0 Å². The van der Waals surface area contributed by atoms with Crippen LogP contribution in [0.3, 0.4) is 0 Å². The molecule has 68 valence electrons. The molecule has 0 aliphatic heterocycles. The summed E-state index contributed by atoms with van der Waals surface area (Å²) in [6.07, 6.45) is 12.9. The van der Waals surface area contributed by atoms with Crippen molar-refractivity contribution in [2.24, 2.45) is 0 Å². The summed E-state index contributed by atoms with van der Waals surface area (Å²) >= 11 is 0. The summed E-state index contributed by atoms with van der Waals surface area (Å²) in [5.74, 6) is 2.69. The Morgan fingerprint density at radius 3 is 2.67 bits per heavy atom. The quantitative estimate of drug-likeness (QED) is 0.456. The van der Waals surface area contributed by atoms with Crippen molar-refractivity contribution >= 4 is 0 Å². The summed E-state index contributed by atoms with van der Waals surface area (Å²) in [5, 5.41) is 0. The van der Waals surface area contributed by atoms with Crippen LogP contribution < -0.4 is 0 Å². The molecule has 0 saturated heterocycles. The predicted octanol–water partition coefficient (Wildman–Crippen LogP) is 2.27. The Labute approximate surface area is 76.1 Å². The average Bonchev–Trinajstić information content (AvgIpc) is 2.56. The summed E-state index contributed by atoms with van der Waals surface area (Å²) in [4.78, 5) is 2.48. The lowest BCUT2D eigenvalue weighted by Gasteiger charge is -2.23. The molecular weight excluding hydrogens is 146 g/mol. The Morgan fingerprint density at radius 2 is 2.08 bits per heavy atom. The molecule has 0 spiro atoms. The molecule has 0 aromatic heterocycles. The summed E-state index contributed by atoms with van der Waals surface area (Å²) in [6.45, 7) is 1.18. The van der Waals surface area contributed by atoms with Gasteiger partial charge in [-0.05, 0) is 32.9 Å². The number of terminal acetylenes is 1. The number of unbranched alkanes of at least 4 members (excludes halogenated alkanes) is 1. The summed E-state index contributed by atoms with van der Waals surface area (Å²) in [6, 6.07) is 0.850. The van der Waals surface area contributed by atoms with Crippen molar-refractivity contribution in [2.75, 3.05) is 13.6 Å². The first-order valence-corrected chi connectivity index (χ1v) is 4.98. The van der Waals surface area contributed by atoms with Crippen molar-refractivity contribution in [3.63, 3.8) is 0 Å². The second-order valence-corrected chi connectivity index (χ2v) is 3.73. The van der Waals surface area contributed by atoms with Crippen LogP contribution in [0.15, 0.2) is 0 Å². The highest BCUT2D eigenvalue weighted by molar-refractivity contribution is 4.84. The van der Waals surface area contributed by atoms with Gasteiger partial charge in [0.25, 0.3) is 0 Å². The molecule has 1 aliphatic carbocycles. The number of hydrogen-bond donors (Lipinski definition) is 0. The molecule has 0 bridgehead atoms. The molecule has 1 fully saturated rings. The van der Waals surface area contributed by atoms with E-state index in [-0.39, 0.29) is 0 Å². The number of nitrogens with zero attached hydrogens (tertiary/aromatic N) is 1. The van der Waals surface area contributed by atoms with E-state index in [0.717, 1.165) is 18.9 Å². The van der Waals surface area contributed by atoms with Gasteiger partial charge in [0.15, 0.2) is 0 Å². The Bertz CT molecular complexity index is 151. The molecule has 0 atom stereocenters. The fourth-order valence-electron chi connectivity index (χ4n) is 1.96. The zero-order chi connectivity index (χ0) is 8.81. The molecule has 0 aromatic carbocycles. The lowest BCUT2D eigenvalue weighted by atomic mass is 10.2. The SMILES string of the molecule is C#CCCCN(C)C1CCCC1. The maximum atomic E-state index is 5.20. The molecule has 0 radical (unpaired) electrons. The molecule has 12 heavy (non-hydrogen) atoms. The van der Waals surface area contributed by atoms with E-state index in [1.807, 2.05) is 0 Å². The largest absolute Gasteiger partial charge is 0.303 e. The first-order chi connectivity index (χ1) is 5.84. The van der Waals surface area contributed by atoms with Crippen molar-refractivity contribution in [2.45, 2.75) is 44.6 Å². The zero-order valence-electron chi connectivity index (χ0n) is 8.05. The standard InChI is InChI=1S/C11H19N/c1-3-4-7-10-12(2)11-8-5-6-9-11/h1,11H,4-10H2,2H3. The van der Waals surface area contributed by atoms with Crippen molar-refractivity contribution in [3.8, 4) is 12.3 Å². The molecule has 0 amide bonds. The minimum atomic E-state index is 0.850. The zero-order valence-corrected chi connectivity index (χ0v) is 8.05. The fourth-order valence-corrected chi connectivity index (χ4v) is 1.96. The molecule has 0 heterocycles. The molecule has 1 saturated carbocycles. The van der Waals surface area contributed by atoms with Gasteiger partial charge in [0.1, 0.15) is 0 Å². The summed E-state index contributed by atoms with van der Waals surface area (Å²) in [7, 11) is 2.23. The Balaban J connectivity index is 2.10. The molecule has 1 rings (SSSR count). The average molecular weight is 165 g/mol. The van der Waals surface area contributed by atoms with Gasteiger partial charge in [-0.15, -0.1) is 12.3 Å². The van der Waals surface area contributed by atoms with E-state index in [9.17, 15) is 0 Å². The third-order valence-corrected chi connectivity index (χ3v) is 2.78. The van der Waals surface area contributed by atoms with Gasteiger partial charge in [-0.2, -0.15) is 0 Å². The molecular formula is C11H19N. The van der Waals surface area contributed by atoms with Crippen LogP contribution in [0.1, 0.15) is 38.5 Å². The molecule has 1 heteroatoms. The highest BCUT2D eigenvalue weighted by atomic mass is 15.1. The number of rotatable bonds is 4. The summed E-state index contributed by atoms with van der Waals surface area (Å²) in [5.41, 5.74) is 0. The fraction of sp³-hybridized carbons (Fsp3) is 0.818. The van der Waals surface area contributed by atoms with Crippen LogP contribution in [-0.2, 0) is 0 Å². The first-order valence-electron chi connectivity index (χ1n) is 4.98. The molecule has 0 N–H and O–H groups in total. The van der Waals surface area contributed by atoms with Crippen LogP contribution >= 0.6 is 0 Å². The maximum Gasteiger partial charge on any atom is 0.00982 e. The topological polar surface area (TPSA) is 3.24 Å². The highest BCUT2D eigenvalue weighted by Crippen LogP contribution is 2.22. The van der Waals surface area contributed by atoms with E-state index in [1.165, 1.54) is 32.2 Å². The van der Waals surface area contributed by atoms with Crippen LogP contribution in [0.2, 0.25) is 0 Å². The minimum absolute atomic E-state index is 0.850. The molecule has 1 nitrogen and oxygen atoms in total. The van der Waals surface area contributed by atoms with Crippen LogP contribution in [-0.4, -0.2) is 24.5 Å². The van der Waals surface area contributed by atoms with Gasteiger partial charge < -0.3 is 4.90 Å². The Hall–Kier alpha value is -0.480. The van der Waals surface area contributed by atoms with Gasteiger partial charge in [0.2, 0.25) is 0 Å². The van der Waals surface area contributed by atoms with Crippen molar-refractivity contribution in [1.29, 1.82) is 0 Å². The smallest absolute Gasteiger partial charge is 0.00982 e. The van der Waals surface area contributed by atoms with Crippen LogP contribution in [0, 0.1) is 12.3 Å². The van der Waals surface area contributed by atoms with Gasteiger partial charge in [-0.25, -0.2) is 0 Å². The van der Waals surface area contributed by atoms with E-state index >= 15 is 0 Å². The van der Waals surface area contributed by atoms with E-state index in [2.05, 4.69) is 17.9 Å². The second-order valence-electron chi connectivity index (χ2n) is 3.73. The van der Waals surface area contributed by atoms with E-state index in [1.54, 1.807) is 0 Å². The van der Waals surface area contributed by atoms with Crippen molar-refractivity contribution in [3.05, 3.63) is 0 Å². The Morgan fingerprint density at radius 1 is 1.42 bits per heavy atom. The third kappa shape index (κ3) is 2.87. The Kier molecular flexibility index (Phi) is 4.18.